The molecule has 0 saturated carbocycles. The van der Waals surface area contributed by atoms with E-state index < -0.39 is 0 Å². The summed E-state index contributed by atoms with van der Waals surface area (Å²) < 4.78 is 5.12. The Morgan fingerprint density at radius 2 is 1.93 bits per heavy atom. The Morgan fingerprint density at radius 3 is 2.53 bits per heavy atom. The number of ether oxygens (including phenoxy) is 1. The molecule has 0 atom stereocenters. The van der Waals surface area contributed by atoms with Crippen LogP contribution in [0.3, 0.4) is 0 Å². The van der Waals surface area contributed by atoms with E-state index in [0.29, 0.717) is 0 Å². The van der Waals surface area contributed by atoms with E-state index in [4.69, 9.17) is 4.74 Å². The maximum atomic E-state index is 9.22. The predicted octanol–water partition coefficient (Wildman–Crippen LogP) is 2.63. The molecule has 0 radical (unpaired) electrons. The molecule has 0 unspecified atom stereocenters. The first kappa shape index (κ1) is 10.2. The van der Waals surface area contributed by atoms with Gasteiger partial charge in [0.15, 0.2) is 0 Å². The molecular weight excluding hydrogens is 188 g/mol. The van der Waals surface area contributed by atoms with Gasteiger partial charge in [0.05, 0.1) is 13.7 Å². The highest BCUT2D eigenvalue weighted by Gasteiger charge is 2.14. The number of rotatable bonds is 3. The van der Waals surface area contributed by atoms with Crippen molar-refractivity contribution in [1.29, 1.82) is 0 Å². The molecule has 0 saturated heterocycles. The van der Waals surface area contributed by atoms with Crippen LogP contribution < -0.4 is 4.74 Å². The van der Waals surface area contributed by atoms with Gasteiger partial charge in [-0.25, -0.2) is 0 Å². The molecule has 1 aliphatic carbocycles. The Balaban J connectivity index is 2.29. The third-order valence-electron chi connectivity index (χ3n) is 2.96. The predicted molar refractivity (Wildman–Crippen MR) is 60.9 cm³/mol. The van der Waals surface area contributed by atoms with Gasteiger partial charge in [-0.3, -0.25) is 0 Å². The molecule has 2 rings (SSSR count). The largest absolute Gasteiger partial charge is 0.497 e. The highest BCUT2D eigenvalue weighted by molar-refractivity contribution is 5.71. The maximum absolute atomic E-state index is 9.22. The number of aliphatic hydroxyl groups excluding tert-OH is 1. The zero-order valence-electron chi connectivity index (χ0n) is 8.99. The molecule has 0 aliphatic heterocycles. The van der Waals surface area contributed by atoms with Gasteiger partial charge >= 0.3 is 0 Å². The smallest absolute Gasteiger partial charge is 0.118 e. The second-order valence-corrected chi connectivity index (χ2v) is 3.82. The molecule has 80 valence electrons. The highest BCUT2D eigenvalue weighted by Crippen LogP contribution is 2.33. The molecule has 2 nitrogen and oxygen atoms in total. The molecular formula is C13H16O2. The van der Waals surface area contributed by atoms with Crippen LogP contribution >= 0.6 is 0 Å². The number of methoxy groups -OCH3 is 1. The standard InChI is InChI=1S/C13H16O2/c1-15-12-7-5-10(6-8-12)13-4-2-3-11(13)9-14/h5-8,14H,2-4,9H2,1H3. The number of aliphatic hydroxyl groups is 1. The first-order chi connectivity index (χ1) is 7.35. The minimum Gasteiger partial charge on any atom is -0.497 e. The number of hydrogen-bond acceptors (Lipinski definition) is 2. The lowest BCUT2D eigenvalue weighted by Gasteiger charge is -2.06. The van der Waals surface area contributed by atoms with E-state index in [0.717, 1.165) is 25.0 Å². The molecule has 15 heavy (non-hydrogen) atoms. The average Bonchev–Trinajstić information content (AvgIpc) is 2.77. The number of benzene rings is 1. The Bertz CT molecular complexity index is 363. The SMILES string of the molecule is COc1ccc(C2=C(CO)CCC2)cc1. The summed E-state index contributed by atoms with van der Waals surface area (Å²) >= 11 is 0. The van der Waals surface area contributed by atoms with Gasteiger partial charge in [0, 0.05) is 0 Å². The lowest BCUT2D eigenvalue weighted by atomic mass is 10.0. The molecule has 0 heterocycles. The van der Waals surface area contributed by atoms with E-state index in [1.54, 1.807) is 7.11 Å². The van der Waals surface area contributed by atoms with Crippen LogP contribution in [0, 0.1) is 0 Å². The topological polar surface area (TPSA) is 29.5 Å². The Morgan fingerprint density at radius 1 is 1.20 bits per heavy atom. The van der Waals surface area contributed by atoms with E-state index in [1.807, 2.05) is 12.1 Å². The van der Waals surface area contributed by atoms with E-state index >= 15 is 0 Å². The Hall–Kier alpha value is -1.28. The molecule has 0 fully saturated rings. The fourth-order valence-electron chi connectivity index (χ4n) is 2.12. The van der Waals surface area contributed by atoms with Crippen LogP contribution in [0.2, 0.25) is 0 Å². The minimum absolute atomic E-state index is 0.196. The van der Waals surface area contributed by atoms with Crippen molar-refractivity contribution < 1.29 is 9.84 Å². The van der Waals surface area contributed by atoms with Crippen molar-refractivity contribution >= 4 is 5.57 Å². The molecule has 0 spiro atoms. The summed E-state index contributed by atoms with van der Waals surface area (Å²) in [6.45, 7) is 0.196. The lowest BCUT2D eigenvalue weighted by Crippen LogP contribution is -1.90. The van der Waals surface area contributed by atoms with Gasteiger partial charge < -0.3 is 9.84 Å². The first-order valence-electron chi connectivity index (χ1n) is 5.31. The summed E-state index contributed by atoms with van der Waals surface area (Å²) in [7, 11) is 1.67. The Kier molecular flexibility index (Phi) is 3.07. The van der Waals surface area contributed by atoms with Gasteiger partial charge in [0.25, 0.3) is 0 Å². The van der Waals surface area contributed by atoms with Crippen LogP contribution in [0.5, 0.6) is 5.75 Å². The zero-order chi connectivity index (χ0) is 10.7. The van der Waals surface area contributed by atoms with Crippen LogP contribution in [0.4, 0.5) is 0 Å². The van der Waals surface area contributed by atoms with E-state index in [1.165, 1.54) is 16.7 Å². The van der Waals surface area contributed by atoms with Gasteiger partial charge in [-0.2, -0.15) is 0 Å². The molecule has 1 aromatic rings. The summed E-state index contributed by atoms with van der Waals surface area (Å²) in [5, 5.41) is 9.22. The van der Waals surface area contributed by atoms with Crippen LogP contribution in [-0.2, 0) is 0 Å². The molecule has 0 bridgehead atoms. The van der Waals surface area contributed by atoms with E-state index in [-0.39, 0.29) is 6.61 Å². The fraction of sp³-hybridized carbons (Fsp3) is 0.385. The second kappa shape index (κ2) is 4.49. The van der Waals surface area contributed by atoms with Gasteiger partial charge in [0.2, 0.25) is 0 Å². The molecule has 1 N–H and O–H groups in total. The van der Waals surface area contributed by atoms with Gasteiger partial charge in [-0.15, -0.1) is 0 Å². The third-order valence-corrected chi connectivity index (χ3v) is 2.96. The quantitative estimate of drug-likeness (QED) is 0.820. The van der Waals surface area contributed by atoms with Crippen molar-refractivity contribution in [3.05, 3.63) is 35.4 Å². The van der Waals surface area contributed by atoms with Gasteiger partial charge in [0.1, 0.15) is 5.75 Å². The summed E-state index contributed by atoms with van der Waals surface area (Å²) in [4.78, 5) is 0. The molecule has 0 aromatic heterocycles. The van der Waals surface area contributed by atoms with Crippen LogP contribution in [0.25, 0.3) is 5.57 Å². The Labute approximate surface area is 90.2 Å². The van der Waals surface area contributed by atoms with Crippen LogP contribution in [0.1, 0.15) is 24.8 Å². The number of hydrogen-bond donors (Lipinski definition) is 1. The van der Waals surface area contributed by atoms with Crippen molar-refractivity contribution in [3.8, 4) is 5.75 Å². The average molecular weight is 204 g/mol. The fourth-order valence-corrected chi connectivity index (χ4v) is 2.12. The van der Waals surface area contributed by atoms with E-state index in [2.05, 4.69) is 12.1 Å². The van der Waals surface area contributed by atoms with Crippen LogP contribution in [-0.4, -0.2) is 18.8 Å². The molecule has 2 heteroatoms. The van der Waals surface area contributed by atoms with Crippen LogP contribution in [0.15, 0.2) is 29.8 Å². The molecule has 1 aromatic carbocycles. The molecule has 1 aliphatic rings. The maximum Gasteiger partial charge on any atom is 0.118 e. The summed E-state index contributed by atoms with van der Waals surface area (Å²) in [5.74, 6) is 0.878. The van der Waals surface area contributed by atoms with Crippen molar-refractivity contribution in [1.82, 2.24) is 0 Å². The minimum atomic E-state index is 0.196. The van der Waals surface area contributed by atoms with Crippen molar-refractivity contribution in [2.45, 2.75) is 19.3 Å². The van der Waals surface area contributed by atoms with Crippen molar-refractivity contribution in [3.63, 3.8) is 0 Å². The summed E-state index contributed by atoms with van der Waals surface area (Å²) in [5.41, 5.74) is 3.73. The van der Waals surface area contributed by atoms with Crippen molar-refractivity contribution in [2.24, 2.45) is 0 Å². The summed E-state index contributed by atoms with van der Waals surface area (Å²) in [6.07, 6.45) is 3.29. The third kappa shape index (κ3) is 2.05. The lowest BCUT2D eigenvalue weighted by molar-refractivity contribution is 0.329. The zero-order valence-corrected chi connectivity index (χ0v) is 8.99. The highest BCUT2D eigenvalue weighted by atomic mass is 16.5. The van der Waals surface area contributed by atoms with Gasteiger partial charge in [-0.1, -0.05) is 12.1 Å². The summed E-state index contributed by atoms with van der Waals surface area (Å²) in [6, 6.07) is 8.07. The number of allylic oxidation sites excluding steroid dienone is 1. The van der Waals surface area contributed by atoms with Crippen molar-refractivity contribution in [2.75, 3.05) is 13.7 Å². The molecule has 0 amide bonds. The normalized spacial score (nSPS) is 15.9. The first-order valence-corrected chi connectivity index (χ1v) is 5.31. The monoisotopic (exact) mass is 204 g/mol. The van der Waals surface area contributed by atoms with E-state index in [9.17, 15) is 5.11 Å². The van der Waals surface area contributed by atoms with Gasteiger partial charge in [-0.05, 0) is 48.1 Å². The second-order valence-electron chi connectivity index (χ2n) is 3.82.